The van der Waals surface area contributed by atoms with Crippen molar-refractivity contribution in [3.63, 3.8) is 0 Å². The third-order valence-corrected chi connectivity index (χ3v) is 10.6. The number of H-pyrrole nitrogens is 1. The maximum atomic E-state index is 13.2. The molecule has 2 aliphatic heterocycles. The Labute approximate surface area is 285 Å². The number of nitrogens with zero attached hydrogens (tertiary/aromatic N) is 2. The van der Waals surface area contributed by atoms with Crippen molar-refractivity contribution in [2.24, 2.45) is 10.9 Å². The third kappa shape index (κ3) is 5.22. The van der Waals surface area contributed by atoms with Gasteiger partial charge in [-0.1, -0.05) is 6.07 Å². The number of alkyl carbamates (subject to hydrolysis) is 2. The number of hydrogen-bond donors (Lipinski definition) is 5. The van der Waals surface area contributed by atoms with Gasteiger partial charge in [0.2, 0.25) is 5.96 Å². The Morgan fingerprint density at radius 1 is 1.06 bits per heavy atom. The van der Waals surface area contributed by atoms with Gasteiger partial charge in [0, 0.05) is 35.5 Å². The predicted octanol–water partition coefficient (Wildman–Crippen LogP) is 5.61. The van der Waals surface area contributed by atoms with Crippen LogP contribution in [0.3, 0.4) is 0 Å². The van der Waals surface area contributed by atoms with Crippen molar-refractivity contribution in [3.05, 3.63) is 52.7 Å². The average Bonchev–Trinajstić information content (AvgIpc) is 3.62. The normalized spacial score (nSPS) is 26.7. The van der Waals surface area contributed by atoms with Gasteiger partial charge in [0.15, 0.2) is 17.6 Å². The predicted molar refractivity (Wildman–Crippen MR) is 182 cm³/mol. The molecule has 4 atom stereocenters. The Kier molecular flexibility index (Phi) is 6.91. The number of ether oxygens (including phenoxy) is 3. The van der Waals surface area contributed by atoms with E-state index in [1.807, 2.05) is 18.2 Å². The van der Waals surface area contributed by atoms with Crippen LogP contribution in [0.1, 0.15) is 89.3 Å². The molecule has 2 aromatic carbocycles. The van der Waals surface area contributed by atoms with Gasteiger partial charge in [0.1, 0.15) is 11.2 Å². The summed E-state index contributed by atoms with van der Waals surface area (Å²) in [6.45, 7) is 12.3. The number of hydrogen-bond acceptors (Lipinski definition) is 9. The largest absolute Gasteiger partial charge is 0.504 e. The number of amides is 2. The summed E-state index contributed by atoms with van der Waals surface area (Å²) >= 11 is 0. The van der Waals surface area contributed by atoms with Gasteiger partial charge < -0.3 is 29.4 Å². The molecule has 5 N–H and O–H groups in total. The van der Waals surface area contributed by atoms with Crippen molar-refractivity contribution in [1.29, 1.82) is 0 Å². The first-order valence-electron chi connectivity index (χ1n) is 17.3. The van der Waals surface area contributed by atoms with Gasteiger partial charge in [-0.2, -0.15) is 0 Å². The molecule has 2 unspecified atom stereocenters. The van der Waals surface area contributed by atoms with Crippen LogP contribution < -0.4 is 15.4 Å². The number of phenolic OH excluding ortho intramolecular Hbond substituents is 1. The summed E-state index contributed by atoms with van der Waals surface area (Å²) in [6.07, 6.45) is 2.20. The monoisotopic (exact) mass is 671 g/mol. The number of aliphatic hydroxyl groups is 1. The smallest absolute Gasteiger partial charge is 0.414 e. The van der Waals surface area contributed by atoms with Crippen molar-refractivity contribution >= 4 is 34.7 Å². The van der Waals surface area contributed by atoms with E-state index in [1.165, 1.54) is 12.8 Å². The zero-order valence-corrected chi connectivity index (χ0v) is 28.9. The summed E-state index contributed by atoms with van der Waals surface area (Å²) in [5, 5.41) is 30.1. The quantitative estimate of drug-likeness (QED) is 0.178. The van der Waals surface area contributed by atoms with E-state index in [2.05, 4.69) is 25.5 Å². The second kappa shape index (κ2) is 10.6. The fraction of sp³-hybridized carbons (Fsp3) is 0.541. The van der Waals surface area contributed by atoms with Gasteiger partial charge in [-0.05, 0) is 115 Å². The Morgan fingerprint density at radius 3 is 2.41 bits per heavy atom. The van der Waals surface area contributed by atoms with Gasteiger partial charge in [0.25, 0.3) is 0 Å². The number of phenols is 1. The number of aromatic nitrogens is 1. The van der Waals surface area contributed by atoms with E-state index >= 15 is 0 Å². The fourth-order valence-corrected chi connectivity index (χ4v) is 8.70. The minimum atomic E-state index is -1.14. The summed E-state index contributed by atoms with van der Waals surface area (Å²) in [6, 6.07) is 9.18. The van der Waals surface area contributed by atoms with Crippen LogP contribution in [0.15, 0.2) is 35.3 Å². The maximum Gasteiger partial charge on any atom is 0.414 e. The molecular weight excluding hydrogens is 626 g/mol. The lowest BCUT2D eigenvalue weighted by molar-refractivity contribution is -0.173. The minimum Gasteiger partial charge on any atom is -0.504 e. The van der Waals surface area contributed by atoms with E-state index in [1.54, 1.807) is 53.7 Å². The van der Waals surface area contributed by atoms with Crippen LogP contribution in [0.25, 0.3) is 10.9 Å². The molecule has 1 aromatic heterocycles. The summed E-state index contributed by atoms with van der Waals surface area (Å²) in [5.41, 5.74) is 1.85. The molecule has 0 radical (unpaired) electrons. The summed E-state index contributed by atoms with van der Waals surface area (Å²) in [7, 11) is 0. The Balaban J connectivity index is 1.21. The molecule has 12 heteroatoms. The molecule has 12 nitrogen and oxygen atoms in total. The highest BCUT2D eigenvalue weighted by Crippen LogP contribution is 2.69. The van der Waals surface area contributed by atoms with E-state index < -0.39 is 40.5 Å². The number of piperidine rings is 1. The van der Waals surface area contributed by atoms with Crippen LogP contribution in [0.5, 0.6) is 11.5 Å². The molecule has 3 aliphatic carbocycles. The molecule has 2 bridgehead atoms. The molecule has 3 heterocycles. The highest BCUT2D eigenvalue weighted by Gasteiger charge is 2.72. The number of carbonyl (C=O) groups excluding carboxylic acids is 2. The number of fused-ring (bicyclic) bond motifs is 4. The second-order valence-electron chi connectivity index (χ2n) is 16.4. The number of likely N-dealkylation sites (tertiary alicyclic amines) is 1. The number of aromatic hydroxyl groups is 1. The first kappa shape index (κ1) is 31.9. The molecule has 260 valence electrons. The number of nitrogens with one attached hydrogen (secondary N) is 3. The molecule has 8 rings (SSSR count). The molecule has 2 fully saturated rings. The summed E-state index contributed by atoms with van der Waals surface area (Å²) in [5.74, 6) is 1.11. The number of carbonyl (C=O) groups is 2. The van der Waals surface area contributed by atoms with Gasteiger partial charge in [-0.25, -0.2) is 14.6 Å². The van der Waals surface area contributed by atoms with Crippen LogP contribution in [-0.2, 0) is 27.7 Å². The number of aromatic amines is 1. The standard InChI is InChI=1S/C37H45N5O7/c1-34(2,3)48-32(44)40-31(41-33(45)49-35(4,5)6)38-21-10-11-24-22(16-21)23-17-37(46)26-15-20-9-12-25(43)29-27(20)36(37,30(47-29)28(23)39-24)13-14-42(26)18-19-7-8-19/h9-12,16,19,26,30,39,43,46H,7-8,13-15,17-18H2,1-6H3,(H2,38,40,41,44,45)/t26?,30?,36-,37+/m0/s1. The van der Waals surface area contributed by atoms with Crippen LogP contribution in [0.2, 0.25) is 0 Å². The molecule has 1 spiro atoms. The highest BCUT2D eigenvalue weighted by atomic mass is 16.6. The molecule has 3 aromatic rings. The molecule has 1 saturated heterocycles. The van der Waals surface area contributed by atoms with E-state index in [4.69, 9.17) is 14.2 Å². The summed E-state index contributed by atoms with van der Waals surface area (Å²) in [4.78, 5) is 36.2. The number of benzene rings is 2. The lowest BCUT2D eigenvalue weighted by Crippen LogP contribution is -2.74. The van der Waals surface area contributed by atoms with Crippen molar-refractivity contribution in [3.8, 4) is 11.5 Å². The number of aliphatic imine (C=N–C) groups is 1. The topological polar surface area (TPSA) is 158 Å². The fourth-order valence-electron chi connectivity index (χ4n) is 8.70. The summed E-state index contributed by atoms with van der Waals surface area (Å²) < 4.78 is 17.5. The van der Waals surface area contributed by atoms with Gasteiger partial charge in [-0.3, -0.25) is 15.5 Å². The average molecular weight is 672 g/mol. The van der Waals surface area contributed by atoms with Crippen LogP contribution in [0.4, 0.5) is 15.3 Å². The maximum absolute atomic E-state index is 13.2. The lowest BCUT2D eigenvalue weighted by atomic mass is 9.49. The zero-order valence-electron chi connectivity index (χ0n) is 28.9. The van der Waals surface area contributed by atoms with Crippen LogP contribution >= 0.6 is 0 Å². The van der Waals surface area contributed by atoms with E-state index in [0.717, 1.165) is 52.8 Å². The molecule has 1 saturated carbocycles. The zero-order chi connectivity index (χ0) is 34.7. The van der Waals surface area contributed by atoms with Crippen molar-refractivity contribution in [2.75, 3.05) is 13.1 Å². The van der Waals surface area contributed by atoms with Crippen LogP contribution in [-0.4, -0.2) is 74.2 Å². The van der Waals surface area contributed by atoms with E-state index in [-0.39, 0.29) is 17.8 Å². The highest BCUT2D eigenvalue weighted by molar-refractivity contribution is 6.03. The molecule has 2 amide bonds. The third-order valence-electron chi connectivity index (χ3n) is 10.6. The van der Waals surface area contributed by atoms with Gasteiger partial charge in [-0.15, -0.1) is 0 Å². The van der Waals surface area contributed by atoms with E-state index in [9.17, 15) is 19.8 Å². The number of guanidine groups is 1. The van der Waals surface area contributed by atoms with Gasteiger partial charge in [0.05, 0.1) is 22.4 Å². The molecule has 49 heavy (non-hydrogen) atoms. The second-order valence-corrected chi connectivity index (χ2v) is 16.4. The first-order valence-corrected chi connectivity index (χ1v) is 17.3. The molecule has 5 aliphatic rings. The Morgan fingerprint density at radius 2 is 1.76 bits per heavy atom. The van der Waals surface area contributed by atoms with E-state index in [0.29, 0.717) is 30.2 Å². The Bertz CT molecular complexity index is 1890. The first-order chi connectivity index (χ1) is 23.0. The SMILES string of the molecule is CC(C)(C)OC(=O)NC(=Nc1ccc2[nH]c3c(c2c1)C[C@@]1(O)C2Cc4ccc(O)c5c4[C@@]1(CCN2CC1CC1)C3O5)NC(=O)OC(C)(C)C. The Hall–Kier alpha value is -4.29. The number of rotatable bonds is 3. The van der Waals surface area contributed by atoms with Crippen molar-refractivity contribution in [1.82, 2.24) is 20.5 Å². The van der Waals surface area contributed by atoms with Crippen molar-refractivity contribution in [2.45, 2.75) is 108 Å². The minimum absolute atomic E-state index is 0.0977. The van der Waals surface area contributed by atoms with Crippen molar-refractivity contribution < 1.29 is 34.0 Å². The van der Waals surface area contributed by atoms with Gasteiger partial charge >= 0.3 is 12.2 Å². The lowest BCUT2D eigenvalue weighted by Gasteiger charge is -2.62. The van der Waals surface area contributed by atoms with Crippen LogP contribution in [0, 0.1) is 5.92 Å². The molecular formula is C37H45N5O7.